The zero-order valence-corrected chi connectivity index (χ0v) is 16.4. The summed E-state index contributed by atoms with van der Waals surface area (Å²) < 4.78 is 0. The number of hydrogen-bond donors (Lipinski definition) is 3. The van der Waals surface area contributed by atoms with Gasteiger partial charge in [0, 0.05) is 18.3 Å². The summed E-state index contributed by atoms with van der Waals surface area (Å²) in [5.74, 6) is -0.920. The Kier molecular flexibility index (Phi) is 5.72. The van der Waals surface area contributed by atoms with E-state index in [0.29, 0.717) is 0 Å². The Bertz CT molecular complexity index is 969. The van der Waals surface area contributed by atoms with E-state index in [-0.39, 0.29) is 6.42 Å². The van der Waals surface area contributed by atoms with Gasteiger partial charge in [-0.1, -0.05) is 91.0 Å². The number of aromatic amines is 1. The van der Waals surface area contributed by atoms with E-state index in [4.69, 9.17) is 0 Å². The summed E-state index contributed by atoms with van der Waals surface area (Å²) in [4.78, 5) is 19.3. The molecule has 3 N–H and O–H groups in total. The molecular weight excluding hydrogens is 374 g/mol. The van der Waals surface area contributed by atoms with Gasteiger partial charge in [-0.05, 0) is 16.7 Å². The molecule has 150 valence electrons. The van der Waals surface area contributed by atoms with E-state index < -0.39 is 17.6 Å². The van der Waals surface area contributed by atoms with Gasteiger partial charge in [0.15, 0.2) is 0 Å². The van der Waals surface area contributed by atoms with E-state index in [1.54, 1.807) is 12.5 Å². The smallest absolute Gasteiger partial charge is 0.321 e. The number of nitrogens with zero attached hydrogens (tertiary/aromatic N) is 1. The van der Waals surface area contributed by atoms with Gasteiger partial charge in [-0.25, -0.2) is 4.98 Å². The number of aliphatic carboxylic acids is 1. The highest BCUT2D eigenvalue weighted by molar-refractivity contribution is 5.74. The second-order valence-electron chi connectivity index (χ2n) is 7.16. The second kappa shape index (κ2) is 8.76. The van der Waals surface area contributed by atoms with E-state index in [0.717, 1.165) is 22.4 Å². The van der Waals surface area contributed by atoms with Gasteiger partial charge >= 0.3 is 5.97 Å². The SMILES string of the molecule is O=C(O)[C@H](Cc1cnc[nH]1)NC(c1ccccc1)(c1ccccc1)c1ccccc1. The average molecular weight is 397 g/mol. The molecular formula is C25H23N3O2. The summed E-state index contributed by atoms with van der Waals surface area (Å²) >= 11 is 0. The first-order valence-corrected chi connectivity index (χ1v) is 9.84. The van der Waals surface area contributed by atoms with E-state index in [1.807, 2.05) is 91.0 Å². The highest BCUT2D eigenvalue weighted by Gasteiger charge is 2.39. The molecule has 5 nitrogen and oxygen atoms in total. The summed E-state index contributed by atoms with van der Waals surface area (Å²) in [6, 6.07) is 29.1. The van der Waals surface area contributed by atoms with Gasteiger partial charge in [0.05, 0.1) is 11.9 Å². The second-order valence-corrected chi connectivity index (χ2v) is 7.16. The fourth-order valence-electron chi connectivity index (χ4n) is 3.89. The van der Waals surface area contributed by atoms with Gasteiger partial charge in [0.25, 0.3) is 0 Å². The molecule has 4 rings (SSSR count). The topological polar surface area (TPSA) is 78.0 Å². The molecule has 0 bridgehead atoms. The van der Waals surface area contributed by atoms with Crippen LogP contribution in [0.3, 0.4) is 0 Å². The first-order chi connectivity index (χ1) is 14.7. The minimum Gasteiger partial charge on any atom is -0.480 e. The van der Waals surface area contributed by atoms with Crippen LogP contribution in [0.1, 0.15) is 22.4 Å². The molecule has 1 heterocycles. The number of carbonyl (C=O) groups is 1. The lowest BCUT2D eigenvalue weighted by Gasteiger charge is -2.39. The molecule has 0 saturated carbocycles. The quantitative estimate of drug-likeness (QED) is 0.393. The largest absolute Gasteiger partial charge is 0.480 e. The Balaban J connectivity index is 1.91. The van der Waals surface area contributed by atoms with Gasteiger partial charge in [0.2, 0.25) is 0 Å². The highest BCUT2D eigenvalue weighted by atomic mass is 16.4. The number of carboxylic acids is 1. The van der Waals surface area contributed by atoms with Crippen molar-refractivity contribution < 1.29 is 9.90 Å². The van der Waals surface area contributed by atoms with Crippen LogP contribution in [0.4, 0.5) is 0 Å². The molecule has 0 amide bonds. The molecule has 5 heteroatoms. The zero-order valence-electron chi connectivity index (χ0n) is 16.4. The Morgan fingerprint density at radius 3 is 1.70 bits per heavy atom. The van der Waals surface area contributed by atoms with Crippen molar-refractivity contribution in [3.8, 4) is 0 Å². The third-order valence-corrected chi connectivity index (χ3v) is 5.29. The van der Waals surface area contributed by atoms with E-state index in [9.17, 15) is 9.90 Å². The predicted molar refractivity (Wildman–Crippen MR) is 116 cm³/mol. The number of hydrogen-bond acceptors (Lipinski definition) is 3. The number of imidazole rings is 1. The van der Waals surface area contributed by atoms with Crippen molar-refractivity contribution in [3.05, 3.63) is 126 Å². The summed E-state index contributed by atoms with van der Waals surface area (Å²) in [5.41, 5.74) is 2.83. The summed E-state index contributed by atoms with van der Waals surface area (Å²) in [7, 11) is 0. The van der Waals surface area contributed by atoms with Gasteiger partial charge in [0.1, 0.15) is 6.04 Å². The van der Waals surface area contributed by atoms with Crippen molar-refractivity contribution in [1.29, 1.82) is 0 Å². The molecule has 3 aromatic carbocycles. The van der Waals surface area contributed by atoms with E-state index >= 15 is 0 Å². The molecule has 0 aliphatic rings. The van der Waals surface area contributed by atoms with Gasteiger partial charge in [-0.15, -0.1) is 0 Å². The van der Waals surface area contributed by atoms with Crippen molar-refractivity contribution in [2.24, 2.45) is 0 Å². The van der Waals surface area contributed by atoms with E-state index in [1.165, 1.54) is 0 Å². The zero-order chi connectivity index (χ0) is 20.8. The Hall–Kier alpha value is -3.70. The van der Waals surface area contributed by atoms with Crippen LogP contribution in [0.15, 0.2) is 104 Å². The van der Waals surface area contributed by atoms with Crippen LogP contribution in [0.25, 0.3) is 0 Å². The monoisotopic (exact) mass is 397 g/mol. The molecule has 4 aromatic rings. The maximum Gasteiger partial charge on any atom is 0.321 e. The lowest BCUT2D eigenvalue weighted by molar-refractivity contribution is -0.139. The Morgan fingerprint density at radius 2 is 1.33 bits per heavy atom. The number of nitrogens with one attached hydrogen (secondary N) is 2. The van der Waals surface area contributed by atoms with Crippen LogP contribution in [0.5, 0.6) is 0 Å². The number of H-pyrrole nitrogens is 1. The maximum absolute atomic E-state index is 12.3. The van der Waals surface area contributed by atoms with Crippen molar-refractivity contribution >= 4 is 5.97 Å². The fraction of sp³-hybridized carbons (Fsp3) is 0.120. The summed E-state index contributed by atoms with van der Waals surface area (Å²) in [6.45, 7) is 0. The fourth-order valence-corrected chi connectivity index (χ4v) is 3.89. The standard InChI is InChI=1S/C25H23N3O2/c29-24(30)23(16-22-17-26-18-27-22)28-25(19-10-4-1-5-11-19,20-12-6-2-7-13-20)21-14-8-3-9-15-21/h1-15,17-18,23,28H,16H2,(H,26,27)(H,29,30)/t23-/m0/s1. The lowest BCUT2D eigenvalue weighted by Crippen LogP contribution is -2.53. The van der Waals surface area contributed by atoms with Crippen molar-refractivity contribution in [3.63, 3.8) is 0 Å². The first-order valence-electron chi connectivity index (χ1n) is 9.84. The minimum absolute atomic E-state index is 0.281. The number of carboxylic acid groups (broad SMARTS) is 1. The summed E-state index contributed by atoms with van der Waals surface area (Å²) in [6.07, 6.45) is 3.50. The van der Waals surface area contributed by atoms with Crippen LogP contribution in [0, 0.1) is 0 Å². The minimum atomic E-state index is -0.920. The van der Waals surface area contributed by atoms with Crippen LogP contribution in [-0.2, 0) is 16.8 Å². The molecule has 0 aliphatic heterocycles. The van der Waals surface area contributed by atoms with Gasteiger partial charge in [-0.2, -0.15) is 0 Å². The Labute approximate surface area is 175 Å². The van der Waals surface area contributed by atoms with Crippen LogP contribution < -0.4 is 5.32 Å². The first kappa shape index (κ1) is 19.6. The van der Waals surface area contributed by atoms with Crippen LogP contribution in [0.2, 0.25) is 0 Å². The Morgan fingerprint density at radius 1 is 0.867 bits per heavy atom. The molecule has 0 unspecified atom stereocenters. The number of benzene rings is 3. The normalized spacial score (nSPS) is 12.4. The van der Waals surface area contributed by atoms with Crippen molar-refractivity contribution in [1.82, 2.24) is 15.3 Å². The molecule has 0 aliphatic carbocycles. The van der Waals surface area contributed by atoms with Gasteiger partial charge in [-0.3, -0.25) is 10.1 Å². The van der Waals surface area contributed by atoms with Crippen LogP contribution in [-0.4, -0.2) is 27.1 Å². The molecule has 0 spiro atoms. The molecule has 1 aromatic heterocycles. The number of rotatable bonds is 8. The highest BCUT2D eigenvalue weighted by Crippen LogP contribution is 2.37. The molecule has 0 radical (unpaired) electrons. The third kappa shape index (κ3) is 3.88. The summed E-state index contributed by atoms with van der Waals surface area (Å²) in [5, 5.41) is 13.6. The third-order valence-electron chi connectivity index (χ3n) is 5.29. The van der Waals surface area contributed by atoms with Crippen molar-refractivity contribution in [2.75, 3.05) is 0 Å². The average Bonchev–Trinajstić information content (AvgIpc) is 3.31. The molecule has 1 atom stereocenters. The lowest BCUT2D eigenvalue weighted by atomic mass is 9.76. The maximum atomic E-state index is 12.3. The molecule has 0 fully saturated rings. The van der Waals surface area contributed by atoms with Gasteiger partial charge < -0.3 is 10.1 Å². The van der Waals surface area contributed by atoms with E-state index in [2.05, 4.69) is 15.3 Å². The van der Waals surface area contributed by atoms with Crippen molar-refractivity contribution in [2.45, 2.75) is 18.0 Å². The molecule has 30 heavy (non-hydrogen) atoms. The predicted octanol–water partition coefficient (Wildman–Crippen LogP) is 3.99. The molecule has 0 saturated heterocycles. The number of aromatic nitrogens is 2. The van der Waals surface area contributed by atoms with Crippen LogP contribution >= 0.6 is 0 Å².